The van der Waals surface area contributed by atoms with Crippen molar-refractivity contribution in [3.63, 3.8) is 0 Å². The molecule has 0 aliphatic heterocycles. The molecule has 0 fully saturated rings. The molecule has 0 saturated carbocycles. The van der Waals surface area contributed by atoms with E-state index in [2.05, 4.69) is 15.3 Å². The number of rotatable bonds is 6. The number of nitrogens with one attached hydrogen (secondary N) is 1. The Morgan fingerprint density at radius 2 is 2.10 bits per heavy atom. The molecule has 1 aromatic heterocycles. The van der Waals surface area contributed by atoms with Gasteiger partial charge in [0.05, 0.1) is 17.0 Å². The van der Waals surface area contributed by atoms with Gasteiger partial charge in [-0.3, -0.25) is 0 Å². The van der Waals surface area contributed by atoms with Crippen LogP contribution in [0, 0.1) is 0 Å². The van der Waals surface area contributed by atoms with Crippen LogP contribution in [-0.4, -0.2) is 44.4 Å². The number of anilines is 1. The van der Waals surface area contributed by atoms with Crippen LogP contribution in [0.4, 0.5) is 5.82 Å². The largest absolute Gasteiger partial charge is 0.380 e. The molecule has 1 N–H and O–H groups in total. The monoisotopic (exact) mass is 295 g/mol. The van der Waals surface area contributed by atoms with Gasteiger partial charge in [0.1, 0.15) is 12.1 Å². The van der Waals surface area contributed by atoms with Crippen molar-refractivity contribution in [1.82, 2.24) is 9.97 Å². The van der Waals surface area contributed by atoms with Crippen molar-refractivity contribution in [3.8, 4) is 0 Å². The van der Waals surface area contributed by atoms with Crippen molar-refractivity contribution in [1.29, 1.82) is 0 Å². The lowest BCUT2D eigenvalue weighted by atomic mass is 10.2. The van der Waals surface area contributed by atoms with Crippen LogP contribution in [0.1, 0.15) is 6.92 Å². The molecule has 7 heteroatoms. The average Bonchev–Trinajstić information content (AvgIpc) is 2.42. The Morgan fingerprint density at radius 3 is 2.80 bits per heavy atom. The van der Waals surface area contributed by atoms with Gasteiger partial charge in [-0.25, -0.2) is 18.4 Å². The summed E-state index contributed by atoms with van der Waals surface area (Å²) in [6.07, 6.45) is 2.63. The summed E-state index contributed by atoms with van der Waals surface area (Å²) in [7, 11) is -3.25. The molecule has 1 aromatic carbocycles. The van der Waals surface area contributed by atoms with Gasteiger partial charge in [-0.15, -0.1) is 0 Å². The van der Waals surface area contributed by atoms with Crippen molar-refractivity contribution in [2.75, 3.05) is 31.3 Å². The molecule has 0 bridgehead atoms. The van der Waals surface area contributed by atoms with E-state index in [9.17, 15) is 8.42 Å². The number of ether oxygens (including phenoxy) is 1. The fourth-order valence-electron chi connectivity index (χ4n) is 1.79. The van der Waals surface area contributed by atoms with Crippen molar-refractivity contribution in [2.24, 2.45) is 0 Å². The van der Waals surface area contributed by atoms with E-state index >= 15 is 0 Å². The normalized spacial score (nSPS) is 11.7. The van der Waals surface area contributed by atoms with Crippen molar-refractivity contribution < 1.29 is 13.2 Å². The Kier molecular flexibility index (Phi) is 4.51. The summed E-state index contributed by atoms with van der Waals surface area (Å²) in [5, 5.41) is 3.82. The third-order valence-corrected chi connectivity index (χ3v) is 3.89. The molecule has 2 aromatic rings. The first kappa shape index (κ1) is 14.7. The van der Waals surface area contributed by atoms with Crippen molar-refractivity contribution in [3.05, 3.63) is 24.5 Å². The minimum atomic E-state index is -3.25. The Balaban J connectivity index is 2.34. The smallest absolute Gasteiger partial charge is 0.175 e. The van der Waals surface area contributed by atoms with E-state index in [0.717, 1.165) is 0 Å². The van der Waals surface area contributed by atoms with E-state index in [1.165, 1.54) is 12.6 Å². The lowest BCUT2D eigenvalue weighted by molar-refractivity contribution is 0.158. The Morgan fingerprint density at radius 1 is 1.30 bits per heavy atom. The SMILES string of the molecule is CCOCCNc1ncnc2ccc(S(C)(=O)=O)cc12. The fraction of sp³-hybridized carbons (Fsp3) is 0.385. The summed E-state index contributed by atoms with van der Waals surface area (Å²) < 4.78 is 28.5. The highest BCUT2D eigenvalue weighted by atomic mass is 32.2. The molecular formula is C13H17N3O3S. The molecule has 0 aliphatic carbocycles. The van der Waals surface area contributed by atoms with Crippen molar-refractivity contribution in [2.45, 2.75) is 11.8 Å². The summed E-state index contributed by atoms with van der Waals surface area (Å²) in [5.41, 5.74) is 0.700. The van der Waals surface area contributed by atoms with Gasteiger partial charge in [-0.2, -0.15) is 0 Å². The molecule has 1 heterocycles. The van der Waals surface area contributed by atoms with Crippen LogP contribution in [0.2, 0.25) is 0 Å². The number of fused-ring (bicyclic) bond motifs is 1. The Bertz CT molecular complexity index is 701. The van der Waals surface area contributed by atoms with Crippen LogP contribution in [0.3, 0.4) is 0 Å². The molecule has 20 heavy (non-hydrogen) atoms. The lowest BCUT2D eigenvalue weighted by Gasteiger charge is -2.09. The van der Waals surface area contributed by atoms with Gasteiger partial charge in [0, 0.05) is 24.8 Å². The number of hydrogen-bond acceptors (Lipinski definition) is 6. The van der Waals surface area contributed by atoms with Gasteiger partial charge >= 0.3 is 0 Å². The quantitative estimate of drug-likeness (QED) is 0.813. The van der Waals surface area contributed by atoms with Gasteiger partial charge in [0.25, 0.3) is 0 Å². The minimum absolute atomic E-state index is 0.257. The first-order valence-electron chi connectivity index (χ1n) is 6.29. The molecule has 0 atom stereocenters. The standard InChI is InChI=1S/C13H17N3O3S/c1-3-19-7-6-14-13-11-8-10(20(2,17)18)4-5-12(11)15-9-16-13/h4-5,8-9H,3,6-7H2,1-2H3,(H,14,15,16). The fourth-order valence-corrected chi connectivity index (χ4v) is 2.44. The van der Waals surface area contributed by atoms with Crippen LogP contribution < -0.4 is 5.32 Å². The summed E-state index contributed by atoms with van der Waals surface area (Å²) in [6, 6.07) is 4.82. The first-order valence-corrected chi connectivity index (χ1v) is 8.18. The van der Waals surface area contributed by atoms with Crippen molar-refractivity contribution >= 4 is 26.6 Å². The third kappa shape index (κ3) is 3.43. The second kappa shape index (κ2) is 6.15. The Hall–Kier alpha value is -1.73. The van der Waals surface area contributed by atoms with Gasteiger partial charge in [-0.1, -0.05) is 0 Å². The number of hydrogen-bond donors (Lipinski definition) is 1. The zero-order valence-corrected chi connectivity index (χ0v) is 12.3. The molecular weight excluding hydrogens is 278 g/mol. The van der Waals surface area contributed by atoms with Gasteiger partial charge in [0.2, 0.25) is 0 Å². The molecule has 0 radical (unpaired) electrons. The molecule has 6 nitrogen and oxygen atoms in total. The first-order chi connectivity index (χ1) is 9.52. The minimum Gasteiger partial charge on any atom is -0.380 e. The van der Waals surface area contributed by atoms with E-state index in [0.29, 0.717) is 36.5 Å². The molecule has 0 aliphatic rings. The number of nitrogens with zero attached hydrogens (tertiary/aromatic N) is 2. The van der Waals surface area contributed by atoms with Gasteiger partial charge in [-0.05, 0) is 25.1 Å². The maximum Gasteiger partial charge on any atom is 0.175 e. The highest BCUT2D eigenvalue weighted by Crippen LogP contribution is 2.22. The van der Waals surface area contributed by atoms with E-state index in [-0.39, 0.29) is 4.90 Å². The predicted molar refractivity (Wildman–Crippen MR) is 77.6 cm³/mol. The highest BCUT2D eigenvalue weighted by Gasteiger charge is 2.10. The maximum atomic E-state index is 11.6. The van der Waals surface area contributed by atoms with E-state index < -0.39 is 9.84 Å². The second-order valence-electron chi connectivity index (χ2n) is 4.30. The average molecular weight is 295 g/mol. The highest BCUT2D eigenvalue weighted by molar-refractivity contribution is 7.90. The molecule has 0 saturated heterocycles. The van der Waals surface area contributed by atoms with Crippen LogP contribution >= 0.6 is 0 Å². The summed E-state index contributed by atoms with van der Waals surface area (Å²) in [4.78, 5) is 8.54. The molecule has 0 unspecified atom stereocenters. The van der Waals surface area contributed by atoms with Crippen LogP contribution in [0.25, 0.3) is 10.9 Å². The van der Waals surface area contributed by atoms with Crippen LogP contribution in [0.5, 0.6) is 0 Å². The maximum absolute atomic E-state index is 11.6. The van der Waals surface area contributed by atoms with Crippen LogP contribution in [-0.2, 0) is 14.6 Å². The molecule has 0 spiro atoms. The lowest BCUT2D eigenvalue weighted by Crippen LogP contribution is -2.10. The van der Waals surface area contributed by atoms with Gasteiger partial charge < -0.3 is 10.1 Å². The summed E-state index contributed by atoms with van der Waals surface area (Å²) in [5.74, 6) is 0.611. The topological polar surface area (TPSA) is 81.2 Å². The number of sulfone groups is 1. The van der Waals surface area contributed by atoms with Gasteiger partial charge in [0.15, 0.2) is 9.84 Å². The molecule has 2 rings (SSSR count). The molecule has 108 valence electrons. The zero-order valence-electron chi connectivity index (χ0n) is 11.5. The summed E-state index contributed by atoms with van der Waals surface area (Å²) in [6.45, 7) is 3.75. The van der Waals surface area contributed by atoms with E-state index in [1.807, 2.05) is 6.92 Å². The molecule has 0 amide bonds. The second-order valence-corrected chi connectivity index (χ2v) is 6.31. The van der Waals surface area contributed by atoms with E-state index in [4.69, 9.17) is 4.74 Å². The van der Waals surface area contributed by atoms with E-state index in [1.54, 1.807) is 18.2 Å². The zero-order chi connectivity index (χ0) is 14.6. The number of benzene rings is 1. The van der Waals surface area contributed by atoms with Crippen LogP contribution in [0.15, 0.2) is 29.4 Å². The predicted octanol–water partition coefficient (Wildman–Crippen LogP) is 1.48. The Labute approximate surface area is 118 Å². The summed E-state index contributed by atoms with van der Waals surface area (Å²) >= 11 is 0. The third-order valence-electron chi connectivity index (χ3n) is 2.78. The number of aromatic nitrogens is 2.